The largest absolute Gasteiger partial charge is 0.313 e. The molecule has 92 valence electrons. The van der Waals surface area contributed by atoms with Crippen LogP contribution in [-0.2, 0) is 10.1 Å². The lowest BCUT2D eigenvalue weighted by atomic mass is 10.1. The van der Waals surface area contributed by atoms with Gasteiger partial charge in [0.25, 0.3) is 10.1 Å². The van der Waals surface area contributed by atoms with Crippen molar-refractivity contribution in [2.75, 3.05) is 12.3 Å². The summed E-state index contributed by atoms with van der Waals surface area (Å²) >= 11 is 0. The zero-order valence-electron chi connectivity index (χ0n) is 9.70. The van der Waals surface area contributed by atoms with Gasteiger partial charge in [0.15, 0.2) is 0 Å². The predicted octanol–water partition coefficient (Wildman–Crippen LogP) is 1.82. The molecule has 1 unspecified atom stereocenters. The Kier molecular flexibility index (Phi) is 8.00. The molecule has 15 heavy (non-hydrogen) atoms. The maximum absolute atomic E-state index is 10.5. The summed E-state index contributed by atoms with van der Waals surface area (Å²) in [5, 5.41) is 3.15. The minimum absolute atomic E-state index is 0.197. The Labute approximate surface area is 93.2 Å². The Morgan fingerprint density at radius 3 is 2.40 bits per heavy atom. The van der Waals surface area contributed by atoms with E-state index in [4.69, 9.17) is 4.55 Å². The summed E-state index contributed by atoms with van der Waals surface area (Å²) in [6.07, 6.45) is 5.66. The maximum atomic E-state index is 10.5. The van der Waals surface area contributed by atoms with E-state index < -0.39 is 10.1 Å². The average molecular weight is 237 g/mol. The van der Waals surface area contributed by atoms with Gasteiger partial charge in [0.2, 0.25) is 0 Å². The van der Waals surface area contributed by atoms with E-state index in [9.17, 15) is 8.42 Å². The number of unbranched alkanes of at least 4 members (excludes halogenated alkanes) is 2. The Balaban J connectivity index is 3.61. The zero-order valence-corrected chi connectivity index (χ0v) is 10.5. The molecule has 0 radical (unpaired) electrons. The van der Waals surface area contributed by atoms with Gasteiger partial charge in [0.1, 0.15) is 0 Å². The van der Waals surface area contributed by atoms with Crippen molar-refractivity contribution >= 4 is 10.1 Å². The topological polar surface area (TPSA) is 66.4 Å². The lowest BCUT2D eigenvalue weighted by Crippen LogP contribution is -2.32. The predicted molar refractivity (Wildman–Crippen MR) is 62.6 cm³/mol. The van der Waals surface area contributed by atoms with Gasteiger partial charge in [-0.05, 0) is 12.8 Å². The number of hydrogen-bond donors (Lipinski definition) is 2. The standard InChI is InChI=1S/C10H23NO3S/c1-3-5-6-7-10(4-2)11-8-9-15(12,13)14/h10-11H,3-9H2,1-2H3,(H,12,13,14). The van der Waals surface area contributed by atoms with Gasteiger partial charge in [-0.25, -0.2) is 0 Å². The van der Waals surface area contributed by atoms with Crippen molar-refractivity contribution < 1.29 is 13.0 Å². The molecule has 0 amide bonds. The second-order valence-corrected chi connectivity index (χ2v) is 5.41. The van der Waals surface area contributed by atoms with E-state index in [1.807, 2.05) is 0 Å². The first-order chi connectivity index (χ1) is 6.99. The van der Waals surface area contributed by atoms with Crippen LogP contribution in [0.3, 0.4) is 0 Å². The van der Waals surface area contributed by atoms with Crippen LogP contribution in [0.2, 0.25) is 0 Å². The smallest absolute Gasteiger partial charge is 0.266 e. The molecule has 1 atom stereocenters. The molecule has 0 aromatic heterocycles. The van der Waals surface area contributed by atoms with Crippen LogP contribution in [0.5, 0.6) is 0 Å². The summed E-state index contributed by atoms with van der Waals surface area (Å²) in [4.78, 5) is 0. The fourth-order valence-corrected chi connectivity index (χ4v) is 1.86. The maximum Gasteiger partial charge on any atom is 0.266 e. The van der Waals surface area contributed by atoms with E-state index in [1.54, 1.807) is 0 Å². The van der Waals surface area contributed by atoms with Crippen LogP contribution in [0.25, 0.3) is 0 Å². The molecule has 0 aliphatic carbocycles. The summed E-state index contributed by atoms with van der Waals surface area (Å²) in [5.41, 5.74) is 0. The van der Waals surface area contributed by atoms with Crippen molar-refractivity contribution in [3.63, 3.8) is 0 Å². The molecule has 0 bridgehead atoms. The minimum Gasteiger partial charge on any atom is -0.313 e. The fraction of sp³-hybridized carbons (Fsp3) is 1.00. The molecule has 4 nitrogen and oxygen atoms in total. The molecule has 0 fully saturated rings. The van der Waals surface area contributed by atoms with E-state index >= 15 is 0 Å². The molecule has 5 heteroatoms. The molecular formula is C10H23NO3S. The Bertz CT molecular complexity index is 239. The van der Waals surface area contributed by atoms with Gasteiger partial charge in [0.05, 0.1) is 5.75 Å². The molecule has 0 saturated carbocycles. The molecule has 0 aromatic rings. The third-order valence-corrected chi connectivity index (χ3v) is 3.16. The van der Waals surface area contributed by atoms with E-state index in [-0.39, 0.29) is 5.75 Å². The molecule has 0 aliphatic rings. The highest BCUT2D eigenvalue weighted by Gasteiger charge is 2.08. The highest BCUT2D eigenvalue weighted by atomic mass is 32.2. The quantitative estimate of drug-likeness (QED) is 0.474. The van der Waals surface area contributed by atoms with Crippen LogP contribution in [-0.4, -0.2) is 31.3 Å². The highest BCUT2D eigenvalue weighted by Crippen LogP contribution is 2.05. The third-order valence-electron chi connectivity index (χ3n) is 2.44. The van der Waals surface area contributed by atoms with E-state index in [0.29, 0.717) is 12.6 Å². The second kappa shape index (κ2) is 8.07. The van der Waals surface area contributed by atoms with Crippen molar-refractivity contribution in [2.45, 2.75) is 52.0 Å². The minimum atomic E-state index is -3.82. The average Bonchev–Trinajstić information content (AvgIpc) is 2.14. The second-order valence-electron chi connectivity index (χ2n) is 3.84. The molecule has 0 heterocycles. The number of nitrogens with one attached hydrogen (secondary N) is 1. The molecule has 0 rings (SSSR count). The van der Waals surface area contributed by atoms with Gasteiger partial charge in [-0.3, -0.25) is 4.55 Å². The molecule has 0 saturated heterocycles. The molecule has 0 spiro atoms. The van der Waals surface area contributed by atoms with E-state index in [0.717, 1.165) is 12.8 Å². The lowest BCUT2D eigenvalue weighted by Gasteiger charge is -2.15. The molecule has 2 N–H and O–H groups in total. The van der Waals surface area contributed by atoms with Crippen molar-refractivity contribution in [1.82, 2.24) is 5.32 Å². The Hall–Kier alpha value is -0.130. The fourth-order valence-electron chi connectivity index (χ4n) is 1.48. The van der Waals surface area contributed by atoms with Crippen LogP contribution in [0.1, 0.15) is 46.0 Å². The van der Waals surface area contributed by atoms with E-state index in [1.165, 1.54) is 19.3 Å². The normalized spacial score (nSPS) is 14.1. The van der Waals surface area contributed by atoms with Gasteiger partial charge >= 0.3 is 0 Å². The van der Waals surface area contributed by atoms with Crippen LogP contribution in [0.15, 0.2) is 0 Å². The number of hydrogen-bond acceptors (Lipinski definition) is 3. The van der Waals surface area contributed by atoms with Crippen molar-refractivity contribution in [2.24, 2.45) is 0 Å². The first-order valence-electron chi connectivity index (χ1n) is 5.68. The van der Waals surface area contributed by atoms with Crippen LogP contribution < -0.4 is 5.32 Å². The number of rotatable bonds is 9. The SMILES string of the molecule is CCCCCC(CC)NCCS(=O)(=O)O. The highest BCUT2D eigenvalue weighted by molar-refractivity contribution is 7.85. The van der Waals surface area contributed by atoms with Crippen LogP contribution >= 0.6 is 0 Å². The lowest BCUT2D eigenvalue weighted by molar-refractivity contribution is 0.447. The van der Waals surface area contributed by atoms with Crippen molar-refractivity contribution in [1.29, 1.82) is 0 Å². The van der Waals surface area contributed by atoms with Gasteiger partial charge < -0.3 is 5.32 Å². The summed E-state index contributed by atoms with van der Waals surface area (Å²) in [6, 6.07) is 0.373. The monoisotopic (exact) mass is 237 g/mol. The van der Waals surface area contributed by atoms with Gasteiger partial charge in [-0.2, -0.15) is 8.42 Å². The van der Waals surface area contributed by atoms with Gasteiger partial charge in [0, 0.05) is 12.6 Å². The van der Waals surface area contributed by atoms with Crippen LogP contribution in [0.4, 0.5) is 0 Å². The van der Waals surface area contributed by atoms with Crippen LogP contribution in [0, 0.1) is 0 Å². The Morgan fingerprint density at radius 1 is 1.27 bits per heavy atom. The zero-order chi connectivity index (χ0) is 11.7. The first kappa shape index (κ1) is 14.9. The Morgan fingerprint density at radius 2 is 1.93 bits per heavy atom. The molecular weight excluding hydrogens is 214 g/mol. The van der Waals surface area contributed by atoms with Crippen molar-refractivity contribution in [3.8, 4) is 0 Å². The first-order valence-corrected chi connectivity index (χ1v) is 7.29. The third kappa shape index (κ3) is 10.2. The summed E-state index contributed by atoms with van der Waals surface area (Å²) in [7, 11) is -3.82. The van der Waals surface area contributed by atoms with Gasteiger partial charge in [-0.1, -0.05) is 33.1 Å². The van der Waals surface area contributed by atoms with E-state index in [2.05, 4.69) is 19.2 Å². The summed E-state index contributed by atoms with van der Waals surface area (Å²) < 4.78 is 29.5. The van der Waals surface area contributed by atoms with Gasteiger partial charge in [-0.15, -0.1) is 0 Å². The molecule has 0 aliphatic heterocycles. The summed E-state index contributed by atoms with van der Waals surface area (Å²) in [6.45, 7) is 4.58. The molecule has 0 aromatic carbocycles. The summed E-state index contributed by atoms with van der Waals surface area (Å²) in [5.74, 6) is -0.197. The van der Waals surface area contributed by atoms with Crippen molar-refractivity contribution in [3.05, 3.63) is 0 Å².